The molecule has 0 unspecified atom stereocenters. The number of aliphatic hydroxyl groups excluding tert-OH is 2. The number of rotatable bonds is 6. The first-order chi connectivity index (χ1) is 12.6. The minimum Gasteiger partial charge on any atom is -0.493 e. The molecule has 0 aliphatic carbocycles. The molecule has 1 fully saturated rings. The van der Waals surface area contributed by atoms with E-state index in [0.717, 1.165) is 23.1 Å². The van der Waals surface area contributed by atoms with Crippen molar-refractivity contribution in [1.82, 2.24) is 4.90 Å². The number of β-amino-alcohol motifs (C(OH)–C–C–N with tert-alkyl or cyclic N) is 1. The highest BCUT2D eigenvalue weighted by atomic mass is 16.5. The Hall–Kier alpha value is -2.37. The molecule has 2 aromatic carbocycles. The average Bonchev–Trinajstić information content (AvgIpc) is 3.12. The van der Waals surface area contributed by atoms with Gasteiger partial charge in [-0.1, -0.05) is 25.1 Å². The standard InChI is InChI=1S/C21H25NO4/c1-2-10-26-20-7-6-16(12-18(20)14-23)15-4-3-5-17(11-15)21(25)22-9-8-19(24)13-22/h3-7,11-12,19,23-24H,2,8-10,13-14H2,1H3/t19-/m1/s1. The Kier molecular flexibility index (Phi) is 5.91. The number of aliphatic hydroxyl groups is 2. The third-order valence-corrected chi connectivity index (χ3v) is 4.59. The number of carbonyl (C=O) groups is 1. The summed E-state index contributed by atoms with van der Waals surface area (Å²) in [6.45, 7) is 3.52. The van der Waals surface area contributed by atoms with E-state index in [1.165, 1.54) is 0 Å². The molecular weight excluding hydrogens is 330 g/mol. The van der Waals surface area contributed by atoms with Gasteiger partial charge in [0.25, 0.3) is 5.91 Å². The first kappa shape index (κ1) is 18.4. The van der Waals surface area contributed by atoms with Gasteiger partial charge in [-0.3, -0.25) is 4.79 Å². The van der Waals surface area contributed by atoms with Crippen LogP contribution < -0.4 is 4.74 Å². The van der Waals surface area contributed by atoms with Crippen LogP contribution in [0.2, 0.25) is 0 Å². The lowest BCUT2D eigenvalue weighted by atomic mass is 10.00. The van der Waals surface area contributed by atoms with Crippen LogP contribution in [0.5, 0.6) is 5.75 Å². The van der Waals surface area contributed by atoms with Crippen molar-refractivity contribution in [3.63, 3.8) is 0 Å². The molecule has 2 aromatic rings. The van der Waals surface area contributed by atoms with Crippen LogP contribution in [-0.4, -0.2) is 46.8 Å². The molecule has 5 heteroatoms. The number of hydrogen-bond acceptors (Lipinski definition) is 4. The van der Waals surface area contributed by atoms with Gasteiger partial charge in [0.05, 0.1) is 19.3 Å². The van der Waals surface area contributed by atoms with E-state index in [0.29, 0.717) is 37.4 Å². The molecule has 26 heavy (non-hydrogen) atoms. The van der Waals surface area contributed by atoms with Crippen LogP contribution in [-0.2, 0) is 6.61 Å². The first-order valence-electron chi connectivity index (χ1n) is 9.06. The smallest absolute Gasteiger partial charge is 0.253 e. The fourth-order valence-corrected chi connectivity index (χ4v) is 3.18. The summed E-state index contributed by atoms with van der Waals surface area (Å²) in [5.74, 6) is 0.630. The van der Waals surface area contributed by atoms with Crippen LogP contribution in [0, 0.1) is 0 Å². The minimum absolute atomic E-state index is 0.0614. The van der Waals surface area contributed by atoms with Gasteiger partial charge in [0.15, 0.2) is 0 Å². The second-order valence-electron chi connectivity index (χ2n) is 6.60. The fraction of sp³-hybridized carbons (Fsp3) is 0.381. The maximum absolute atomic E-state index is 12.6. The molecule has 138 valence electrons. The lowest BCUT2D eigenvalue weighted by Crippen LogP contribution is -2.29. The van der Waals surface area contributed by atoms with E-state index in [1.54, 1.807) is 11.0 Å². The number of hydrogen-bond donors (Lipinski definition) is 2. The van der Waals surface area contributed by atoms with E-state index >= 15 is 0 Å². The molecule has 1 aliphatic rings. The number of benzene rings is 2. The zero-order valence-corrected chi connectivity index (χ0v) is 15.0. The number of nitrogens with zero attached hydrogens (tertiary/aromatic N) is 1. The van der Waals surface area contributed by atoms with Crippen molar-refractivity contribution in [1.29, 1.82) is 0 Å². The van der Waals surface area contributed by atoms with E-state index in [1.807, 2.05) is 43.3 Å². The molecule has 3 rings (SSSR count). The minimum atomic E-state index is -0.426. The topological polar surface area (TPSA) is 70.0 Å². The Labute approximate surface area is 153 Å². The summed E-state index contributed by atoms with van der Waals surface area (Å²) >= 11 is 0. The van der Waals surface area contributed by atoms with Crippen molar-refractivity contribution in [2.45, 2.75) is 32.5 Å². The summed E-state index contributed by atoms with van der Waals surface area (Å²) in [7, 11) is 0. The maximum Gasteiger partial charge on any atom is 0.253 e. The maximum atomic E-state index is 12.6. The SMILES string of the molecule is CCCOc1ccc(-c2cccc(C(=O)N3CC[C@@H](O)C3)c2)cc1CO. The molecule has 0 bridgehead atoms. The largest absolute Gasteiger partial charge is 0.493 e. The van der Waals surface area contributed by atoms with E-state index in [2.05, 4.69) is 0 Å². The third-order valence-electron chi connectivity index (χ3n) is 4.59. The van der Waals surface area contributed by atoms with E-state index in [-0.39, 0.29) is 12.5 Å². The highest BCUT2D eigenvalue weighted by molar-refractivity contribution is 5.95. The molecule has 1 heterocycles. The van der Waals surface area contributed by atoms with Crippen molar-refractivity contribution < 1.29 is 19.7 Å². The van der Waals surface area contributed by atoms with Crippen LogP contribution in [0.3, 0.4) is 0 Å². The van der Waals surface area contributed by atoms with E-state index in [4.69, 9.17) is 4.74 Å². The summed E-state index contributed by atoms with van der Waals surface area (Å²) in [4.78, 5) is 14.3. The Morgan fingerprint density at radius 1 is 1.23 bits per heavy atom. The number of amides is 1. The Bertz CT molecular complexity index is 774. The molecule has 1 amide bonds. The summed E-state index contributed by atoms with van der Waals surface area (Å²) in [5.41, 5.74) is 3.17. The monoisotopic (exact) mass is 355 g/mol. The van der Waals surface area contributed by atoms with E-state index < -0.39 is 6.10 Å². The molecule has 1 saturated heterocycles. The van der Waals surface area contributed by atoms with Gasteiger partial charge in [-0.2, -0.15) is 0 Å². The second-order valence-corrected chi connectivity index (χ2v) is 6.60. The first-order valence-corrected chi connectivity index (χ1v) is 9.06. The van der Waals surface area contributed by atoms with Gasteiger partial charge in [-0.15, -0.1) is 0 Å². The van der Waals surface area contributed by atoms with Gasteiger partial charge in [-0.25, -0.2) is 0 Å². The number of likely N-dealkylation sites (tertiary alicyclic amines) is 1. The van der Waals surface area contributed by atoms with Crippen LogP contribution >= 0.6 is 0 Å². The summed E-state index contributed by atoms with van der Waals surface area (Å²) < 4.78 is 5.66. The van der Waals surface area contributed by atoms with Crippen molar-refractivity contribution in [3.05, 3.63) is 53.6 Å². The number of carbonyl (C=O) groups excluding carboxylic acids is 1. The molecule has 0 spiro atoms. The van der Waals surface area contributed by atoms with Crippen LogP contribution in [0.1, 0.15) is 35.7 Å². The third kappa shape index (κ3) is 4.06. The molecule has 0 saturated carbocycles. The van der Waals surface area contributed by atoms with Gasteiger partial charge in [0.1, 0.15) is 5.75 Å². The second kappa shape index (κ2) is 8.34. The van der Waals surface area contributed by atoms with Crippen molar-refractivity contribution in [2.24, 2.45) is 0 Å². The summed E-state index contributed by atoms with van der Waals surface area (Å²) in [6.07, 6.45) is 1.11. The van der Waals surface area contributed by atoms with Crippen LogP contribution in [0.4, 0.5) is 0 Å². The zero-order chi connectivity index (χ0) is 18.5. The lowest BCUT2D eigenvalue weighted by molar-refractivity contribution is 0.0765. The van der Waals surface area contributed by atoms with Gasteiger partial charge >= 0.3 is 0 Å². The quantitative estimate of drug-likeness (QED) is 0.836. The molecule has 5 nitrogen and oxygen atoms in total. The summed E-state index contributed by atoms with van der Waals surface area (Å²) in [6, 6.07) is 13.1. The van der Waals surface area contributed by atoms with Gasteiger partial charge in [0.2, 0.25) is 0 Å². The van der Waals surface area contributed by atoms with Gasteiger partial charge in [-0.05, 0) is 48.2 Å². The normalized spacial score (nSPS) is 16.7. The highest BCUT2D eigenvalue weighted by Crippen LogP contribution is 2.28. The van der Waals surface area contributed by atoms with Gasteiger partial charge in [0, 0.05) is 24.2 Å². The van der Waals surface area contributed by atoms with Gasteiger partial charge < -0.3 is 19.8 Å². The van der Waals surface area contributed by atoms with Crippen molar-refractivity contribution in [2.75, 3.05) is 19.7 Å². The van der Waals surface area contributed by atoms with Crippen LogP contribution in [0.25, 0.3) is 11.1 Å². The molecule has 0 aromatic heterocycles. The Morgan fingerprint density at radius 3 is 2.73 bits per heavy atom. The van der Waals surface area contributed by atoms with Crippen molar-refractivity contribution >= 4 is 5.91 Å². The Balaban J connectivity index is 1.84. The average molecular weight is 355 g/mol. The van der Waals surface area contributed by atoms with E-state index in [9.17, 15) is 15.0 Å². The number of ether oxygens (including phenoxy) is 1. The predicted octanol–water partition coefficient (Wildman–Crippen LogP) is 2.84. The molecule has 1 atom stereocenters. The van der Waals surface area contributed by atoms with Crippen LogP contribution in [0.15, 0.2) is 42.5 Å². The molecule has 1 aliphatic heterocycles. The molecular formula is C21H25NO4. The molecule has 2 N–H and O–H groups in total. The molecule has 0 radical (unpaired) electrons. The fourth-order valence-electron chi connectivity index (χ4n) is 3.18. The van der Waals surface area contributed by atoms with Crippen molar-refractivity contribution in [3.8, 4) is 16.9 Å². The highest BCUT2D eigenvalue weighted by Gasteiger charge is 2.25. The summed E-state index contributed by atoms with van der Waals surface area (Å²) in [5, 5.41) is 19.3. The zero-order valence-electron chi connectivity index (χ0n) is 15.0. The Morgan fingerprint density at radius 2 is 2.04 bits per heavy atom. The predicted molar refractivity (Wildman–Crippen MR) is 100 cm³/mol. The lowest BCUT2D eigenvalue weighted by Gasteiger charge is -2.16.